The fourth-order valence-electron chi connectivity index (χ4n) is 4.17. The highest BCUT2D eigenvalue weighted by atomic mass is 16.5. The lowest BCUT2D eigenvalue weighted by Crippen LogP contribution is -2.20. The molecule has 4 rings (SSSR count). The first kappa shape index (κ1) is 22.5. The van der Waals surface area contributed by atoms with Crippen molar-refractivity contribution in [3.8, 4) is 23.0 Å². The molecule has 1 aliphatic rings. The predicted octanol–water partition coefficient (Wildman–Crippen LogP) is 4.56. The van der Waals surface area contributed by atoms with E-state index < -0.39 is 0 Å². The van der Waals surface area contributed by atoms with E-state index in [-0.39, 0.29) is 23.6 Å². The summed E-state index contributed by atoms with van der Waals surface area (Å²) in [6.07, 6.45) is 1.17. The third-order valence-electron chi connectivity index (χ3n) is 5.97. The van der Waals surface area contributed by atoms with Gasteiger partial charge in [0, 0.05) is 5.92 Å². The zero-order chi connectivity index (χ0) is 23.2. The quantitative estimate of drug-likeness (QED) is 0.484. The molecule has 6 heteroatoms. The van der Waals surface area contributed by atoms with Crippen molar-refractivity contribution in [3.63, 3.8) is 0 Å². The molecule has 0 saturated carbocycles. The van der Waals surface area contributed by atoms with Crippen LogP contribution < -0.4 is 14.2 Å². The molecule has 0 aliphatic carbocycles. The number of carbonyl (C=O) groups excluding carboxylic acids is 1. The molecule has 6 nitrogen and oxygen atoms in total. The highest BCUT2D eigenvalue weighted by Crippen LogP contribution is 2.34. The second-order valence-electron chi connectivity index (χ2n) is 8.17. The summed E-state index contributed by atoms with van der Waals surface area (Å²) in [5.41, 5.74) is 2.93. The van der Waals surface area contributed by atoms with Crippen LogP contribution in [0.2, 0.25) is 0 Å². The molecular formula is C27H28O6. The Kier molecular flexibility index (Phi) is 7.03. The first-order valence-corrected chi connectivity index (χ1v) is 10.9. The molecule has 0 spiro atoms. The van der Waals surface area contributed by atoms with Crippen molar-refractivity contribution in [2.45, 2.75) is 19.4 Å². The van der Waals surface area contributed by atoms with Crippen molar-refractivity contribution in [1.29, 1.82) is 0 Å². The van der Waals surface area contributed by atoms with Crippen molar-refractivity contribution in [2.24, 2.45) is 11.8 Å². The molecule has 1 saturated heterocycles. The number of phenolic OH excluding ortho intramolecular Hbond substituents is 1. The Morgan fingerprint density at radius 2 is 1.55 bits per heavy atom. The number of aromatic hydroxyl groups is 1. The van der Waals surface area contributed by atoms with Crippen LogP contribution in [-0.4, -0.2) is 31.9 Å². The second-order valence-corrected chi connectivity index (χ2v) is 8.17. The lowest BCUT2D eigenvalue weighted by atomic mass is 9.85. The normalized spacial score (nSPS) is 17.5. The van der Waals surface area contributed by atoms with Gasteiger partial charge in [-0.2, -0.15) is 0 Å². The summed E-state index contributed by atoms with van der Waals surface area (Å²) >= 11 is 0. The van der Waals surface area contributed by atoms with Gasteiger partial charge in [0.2, 0.25) is 0 Å². The summed E-state index contributed by atoms with van der Waals surface area (Å²) in [6, 6.07) is 20.9. The zero-order valence-corrected chi connectivity index (χ0v) is 18.8. The molecule has 1 fully saturated rings. The molecule has 0 bridgehead atoms. The van der Waals surface area contributed by atoms with Gasteiger partial charge in [-0.05, 0) is 53.8 Å². The fraction of sp³-hybridized carbons (Fsp3) is 0.296. The maximum atomic E-state index is 12.5. The molecule has 0 aromatic heterocycles. The van der Waals surface area contributed by atoms with Crippen molar-refractivity contribution >= 4 is 5.97 Å². The number of cyclic esters (lactones) is 1. The maximum Gasteiger partial charge on any atom is 0.309 e. The van der Waals surface area contributed by atoms with Gasteiger partial charge in [0.15, 0.2) is 23.0 Å². The first-order valence-electron chi connectivity index (χ1n) is 10.9. The van der Waals surface area contributed by atoms with E-state index in [0.717, 1.165) is 16.7 Å². The van der Waals surface area contributed by atoms with E-state index in [2.05, 4.69) is 0 Å². The van der Waals surface area contributed by atoms with E-state index in [4.69, 9.17) is 18.9 Å². The Balaban J connectivity index is 1.42. The van der Waals surface area contributed by atoms with E-state index in [1.807, 2.05) is 54.6 Å². The molecule has 1 aliphatic heterocycles. The van der Waals surface area contributed by atoms with Crippen LogP contribution in [0, 0.1) is 11.8 Å². The highest BCUT2D eigenvalue weighted by Gasteiger charge is 2.37. The summed E-state index contributed by atoms with van der Waals surface area (Å²) in [5.74, 6) is 1.35. The minimum atomic E-state index is -0.284. The van der Waals surface area contributed by atoms with E-state index in [1.165, 1.54) is 0 Å². The number of hydrogen-bond acceptors (Lipinski definition) is 6. The Bertz CT molecular complexity index is 1100. The molecule has 1 N–H and O–H groups in total. The SMILES string of the molecule is COc1ccc(C[C@H]2COC(=O)[C@@H]2Cc2ccc(OCc3ccccc3)c(O)c2)cc1OC. The van der Waals surface area contributed by atoms with Gasteiger partial charge in [-0.3, -0.25) is 4.79 Å². The van der Waals surface area contributed by atoms with E-state index in [9.17, 15) is 9.90 Å². The lowest BCUT2D eigenvalue weighted by Gasteiger charge is -2.17. The summed E-state index contributed by atoms with van der Waals surface area (Å²) < 4.78 is 21.8. The summed E-state index contributed by atoms with van der Waals surface area (Å²) in [5, 5.41) is 10.5. The van der Waals surface area contributed by atoms with Crippen LogP contribution in [0.25, 0.3) is 0 Å². The van der Waals surface area contributed by atoms with Crippen molar-refractivity contribution in [1.82, 2.24) is 0 Å². The van der Waals surface area contributed by atoms with Gasteiger partial charge in [-0.15, -0.1) is 0 Å². The van der Waals surface area contributed by atoms with E-state index in [1.54, 1.807) is 26.4 Å². The lowest BCUT2D eigenvalue weighted by molar-refractivity contribution is -0.141. The number of carbonyl (C=O) groups is 1. The molecule has 172 valence electrons. The first-order chi connectivity index (χ1) is 16.1. The summed E-state index contributed by atoms with van der Waals surface area (Å²) in [6.45, 7) is 0.748. The van der Waals surface area contributed by atoms with Gasteiger partial charge in [0.25, 0.3) is 0 Å². The van der Waals surface area contributed by atoms with Crippen LogP contribution in [0.4, 0.5) is 0 Å². The number of phenols is 1. The number of ether oxygens (including phenoxy) is 4. The van der Waals surface area contributed by atoms with Gasteiger partial charge in [-0.25, -0.2) is 0 Å². The van der Waals surface area contributed by atoms with Crippen LogP contribution in [0.15, 0.2) is 66.7 Å². The molecule has 33 heavy (non-hydrogen) atoms. The average Bonchev–Trinajstić information content (AvgIpc) is 3.17. The van der Waals surface area contributed by atoms with Gasteiger partial charge in [-0.1, -0.05) is 42.5 Å². The molecule has 1 heterocycles. The third-order valence-corrected chi connectivity index (χ3v) is 5.97. The minimum Gasteiger partial charge on any atom is -0.504 e. The number of hydrogen-bond donors (Lipinski definition) is 1. The second kappa shape index (κ2) is 10.3. The molecule has 0 radical (unpaired) electrons. The molecule has 0 amide bonds. The van der Waals surface area contributed by atoms with Crippen LogP contribution in [-0.2, 0) is 29.0 Å². The fourth-order valence-corrected chi connectivity index (χ4v) is 4.17. The number of rotatable bonds is 9. The van der Waals surface area contributed by atoms with Crippen molar-refractivity contribution < 1.29 is 28.8 Å². The Labute approximate surface area is 193 Å². The highest BCUT2D eigenvalue weighted by molar-refractivity contribution is 5.75. The minimum absolute atomic E-state index is 0.0340. The van der Waals surface area contributed by atoms with Gasteiger partial charge in [0.1, 0.15) is 6.61 Å². The molecule has 3 aromatic carbocycles. The third kappa shape index (κ3) is 5.40. The van der Waals surface area contributed by atoms with E-state index in [0.29, 0.717) is 43.3 Å². The van der Waals surface area contributed by atoms with Gasteiger partial charge >= 0.3 is 5.97 Å². The summed E-state index contributed by atoms with van der Waals surface area (Å²) in [4.78, 5) is 12.5. The largest absolute Gasteiger partial charge is 0.504 e. The van der Waals surface area contributed by atoms with Gasteiger partial charge in [0.05, 0.1) is 26.7 Å². The predicted molar refractivity (Wildman–Crippen MR) is 124 cm³/mol. The number of esters is 1. The smallest absolute Gasteiger partial charge is 0.309 e. The Morgan fingerprint density at radius 3 is 2.24 bits per heavy atom. The maximum absolute atomic E-state index is 12.5. The van der Waals surface area contributed by atoms with E-state index >= 15 is 0 Å². The molecule has 2 atom stereocenters. The number of benzene rings is 3. The van der Waals surface area contributed by atoms with Crippen LogP contribution >= 0.6 is 0 Å². The summed E-state index contributed by atoms with van der Waals surface area (Å²) in [7, 11) is 3.21. The number of methoxy groups -OCH3 is 2. The zero-order valence-electron chi connectivity index (χ0n) is 18.8. The molecule has 3 aromatic rings. The van der Waals surface area contributed by atoms with Crippen molar-refractivity contribution in [2.75, 3.05) is 20.8 Å². The van der Waals surface area contributed by atoms with Crippen LogP contribution in [0.5, 0.6) is 23.0 Å². The van der Waals surface area contributed by atoms with Crippen LogP contribution in [0.1, 0.15) is 16.7 Å². The Hall–Kier alpha value is -3.67. The molecular weight excluding hydrogens is 420 g/mol. The average molecular weight is 449 g/mol. The molecule has 0 unspecified atom stereocenters. The van der Waals surface area contributed by atoms with Crippen LogP contribution in [0.3, 0.4) is 0 Å². The Morgan fingerprint density at radius 1 is 0.848 bits per heavy atom. The monoisotopic (exact) mass is 448 g/mol. The topological polar surface area (TPSA) is 74.2 Å². The van der Waals surface area contributed by atoms with Gasteiger partial charge < -0.3 is 24.1 Å². The standard InChI is InChI=1S/C27H28O6/c1-30-25-11-9-19(15-26(25)31-2)12-21-17-33-27(29)22(21)13-20-8-10-24(23(28)14-20)32-16-18-6-4-3-5-7-18/h3-11,14-15,21-22,28H,12-13,16-17H2,1-2H3/t21-,22+/m0/s1. The van der Waals surface area contributed by atoms with Crippen molar-refractivity contribution in [3.05, 3.63) is 83.4 Å².